The van der Waals surface area contributed by atoms with E-state index in [0.29, 0.717) is 49.0 Å². The molecule has 0 bridgehead atoms. The first-order chi connectivity index (χ1) is 17.7. The van der Waals surface area contributed by atoms with E-state index in [9.17, 15) is 22.7 Å². The summed E-state index contributed by atoms with van der Waals surface area (Å²) in [5, 5.41) is 10.2. The van der Waals surface area contributed by atoms with E-state index >= 15 is 0 Å². The summed E-state index contributed by atoms with van der Waals surface area (Å²) in [4.78, 5) is 29.2. The summed E-state index contributed by atoms with van der Waals surface area (Å²) < 4.78 is 41.9. The number of pyridine rings is 1. The van der Waals surface area contributed by atoms with Crippen LogP contribution in [0.2, 0.25) is 0 Å². The molecule has 3 heterocycles. The molecule has 1 aliphatic rings. The largest absolute Gasteiger partial charge is 0.478 e. The number of rotatable bonds is 6. The smallest absolute Gasteiger partial charge is 0.336 e. The maximum Gasteiger partial charge on any atom is 0.336 e. The molecule has 0 saturated carbocycles. The van der Waals surface area contributed by atoms with Crippen LogP contribution in [0, 0.1) is 12.7 Å². The maximum atomic E-state index is 13.7. The Bertz CT molecular complexity index is 1610. The first kappa shape index (κ1) is 32.8. The van der Waals surface area contributed by atoms with Gasteiger partial charge < -0.3 is 14.9 Å². The van der Waals surface area contributed by atoms with Crippen molar-refractivity contribution in [2.75, 3.05) is 40.7 Å². The number of hydrogen-bond acceptors (Lipinski definition) is 8. The Morgan fingerprint density at radius 1 is 0.950 bits per heavy atom. The van der Waals surface area contributed by atoms with E-state index in [1.807, 2.05) is 9.80 Å². The fourth-order valence-electron chi connectivity index (χ4n) is 4.28. The van der Waals surface area contributed by atoms with Crippen molar-refractivity contribution in [3.05, 3.63) is 77.9 Å². The van der Waals surface area contributed by atoms with Gasteiger partial charge in [0.05, 0.1) is 16.0 Å². The third-order valence-corrected chi connectivity index (χ3v) is 7.68. The molecule has 1 saturated heterocycles. The SMILES string of the molecule is Cc1ccc(F)cc1S(=O)(=O)Nc1ccc2nc(N3CCN(c4ncccn4)CC3)cc(C(=O)O)c2c1.Cl.Cl.Cl. The lowest BCUT2D eigenvalue weighted by atomic mass is 10.1. The van der Waals surface area contributed by atoms with Crippen molar-refractivity contribution in [3.63, 3.8) is 0 Å². The van der Waals surface area contributed by atoms with Crippen molar-refractivity contribution in [2.45, 2.75) is 11.8 Å². The number of aromatic carboxylic acids is 1. The minimum absolute atomic E-state index is 0. The van der Waals surface area contributed by atoms with Crippen molar-refractivity contribution in [1.29, 1.82) is 0 Å². The highest BCUT2D eigenvalue weighted by Gasteiger charge is 2.23. The van der Waals surface area contributed by atoms with Crippen molar-refractivity contribution in [1.82, 2.24) is 15.0 Å². The van der Waals surface area contributed by atoms with E-state index in [1.165, 1.54) is 30.3 Å². The van der Waals surface area contributed by atoms with Gasteiger partial charge in [0, 0.05) is 49.6 Å². The third kappa shape index (κ3) is 6.81. The Morgan fingerprint density at radius 3 is 2.25 bits per heavy atom. The summed E-state index contributed by atoms with van der Waals surface area (Å²) in [7, 11) is -4.10. The molecule has 0 atom stereocenters. The standard InChI is InChI=1S/C25H23FN6O4S.3ClH/c1-16-3-4-17(26)13-22(16)37(35,36)30-18-5-6-21-19(14-18)20(24(33)34)15-23(29-21)31-9-11-32(12-10-31)25-27-7-2-8-28-25;;;/h2-8,13-15,30H,9-12H2,1H3,(H,33,34);3*1H. The molecule has 0 spiro atoms. The average Bonchev–Trinajstić information content (AvgIpc) is 2.89. The monoisotopic (exact) mass is 630 g/mol. The summed E-state index contributed by atoms with van der Waals surface area (Å²) in [5.74, 6) is -0.678. The first-order valence-corrected chi connectivity index (χ1v) is 12.9. The van der Waals surface area contributed by atoms with Crippen LogP contribution in [0.3, 0.4) is 0 Å². The number of anilines is 3. The summed E-state index contributed by atoms with van der Waals surface area (Å²) in [6.45, 7) is 4.05. The number of nitrogens with zero attached hydrogens (tertiary/aromatic N) is 5. The molecule has 1 aliphatic heterocycles. The van der Waals surface area contributed by atoms with E-state index in [-0.39, 0.29) is 58.8 Å². The Labute approximate surface area is 248 Å². The molecular formula is C25H26Cl3FN6O4S. The van der Waals surface area contributed by atoms with Gasteiger partial charge in [-0.15, -0.1) is 37.2 Å². The highest BCUT2D eigenvalue weighted by molar-refractivity contribution is 7.92. The van der Waals surface area contributed by atoms with Gasteiger partial charge in [-0.3, -0.25) is 4.72 Å². The Morgan fingerprint density at radius 2 is 1.60 bits per heavy atom. The van der Waals surface area contributed by atoms with Gasteiger partial charge in [-0.25, -0.2) is 32.6 Å². The van der Waals surface area contributed by atoms with Crippen molar-refractivity contribution in [3.8, 4) is 0 Å². The van der Waals surface area contributed by atoms with Crippen LogP contribution in [0.15, 0.2) is 65.8 Å². The highest BCUT2D eigenvalue weighted by atomic mass is 35.5. The molecule has 2 N–H and O–H groups in total. The Hall–Kier alpha value is -3.45. The lowest BCUT2D eigenvalue weighted by Crippen LogP contribution is -2.47. The number of hydrogen-bond donors (Lipinski definition) is 2. The van der Waals surface area contributed by atoms with E-state index < -0.39 is 21.8 Å². The van der Waals surface area contributed by atoms with E-state index in [0.717, 1.165) is 6.07 Å². The molecule has 214 valence electrons. The van der Waals surface area contributed by atoms with Gasteiger partial charge in [0.1, 0.15) is 11.6 Å². The molecule has 2 aromatic carbocycles. The number of nitrogens with one attached hydrogen (secondary N) is 1. The second-order valence-corrected chi connectivity index (χ2v) is 10.3. The van der Waals surface area contributed by atoms with Crippen LogP contribution in [-0.4, -0.2) is 60.6 Å². The highest BCUT2D eigenvalue weighted by Crippen LogP contribution is 2.28. The predicted octanol–water partition coefficient (Wildman–Crippen LogP) is 4.56. The zero-order chi connectivity index (χ0) is 26.2. The Balaban J connectivity index is 0.00000187. The molecule has 5 rings (SSSR count). The molecule has 4 aromatic rings. The molecule has 1 fully saturated rings. The quantitative estimate of drug-likeness (QED) is 0.315. The number of fused-ring (bicyclic) bond motifs is 1. The minimum Gasteiger partial charge on any atom is -0.478 e. The molecule has 0 amide bonds. The molecule has 15 heteroatoms. The van der Waals surface area contributed by atoms with Gasteiger partial charge in [0.25, 0.3) is 10.0 Å². The van der Waals surface area contributed by atoms with Crippen LogP contribution in [0.4, 0.5) is 21.8 Å². The average molecular weight is 632 g/mol. The molecule has 0 aliphatic carbocycles. The normalized spacial score (nSPS) is 13.1. The van der Waals surface area contributed by atoms with Crippen molar-refractivity contribution >= 4 is 81.6 Å². The first-order valence-electron chi connectivity index (χ1n) is 11.5. The molecule has 0 radical (unpaired) electrons. The van der Waals surface area contributed by atoms with Gasteiger partial charge >= 0.3 is 5.97 Å². The summed E-state index contributed by atoms with van der Waals surface area (Å²) in [6, 6.07) is 11.2. The van der Waals surface area contributed by atoms with Crippen LogP contribution in [-0.2, 0) is 10.0 Å². The molecular weight excluding hydrogens is 606 g/mol. The molecule has 40 heavy (non-hydrogen) atoms. The van der Waals surface area contributed by atoms with Crippen molar-refractivity contribution in [2.24, 2.45) is 0 Å². The molecule has 2 aromatic heterocycles. The van der Waals surface area contributed by atoms with Gasteiger partial charge in [-0.2, -0.15) is 0 Å². The fraction of sp³-hybridized carbons (Fsp3) is 0.200. The van der Waals surface area contributed by atoms with Gasteiger partial charge in [-0.1, -0.05) is 6.07 Å². The van der Waals surface area contributed by atoms with Crippen LogP contribution < -0.4 is 14.5 Å². The molecule has 10 nitrogen and oxygen atoms in total. The maximum absolute atomic E-state index is 13.7. The van der Waals surface area contributed by atoms with Crippen LogP contribution >= 0.6 is 37.2 Å². The fourth-order valence-corrected chi connectivity index (χ4v) is 5.58. The van der Waals surface area contributed by atoms with E-state index in [4.69, 9.17) is 0 Å². The minimum atomic E-state index is -4.10. The number of aromatic nitrogens is 3. The van der Waals surface area contributed by atoms with Gasteiger partial charge in [0.2, 0.25) is 5.95 Å². The number of carboxylic acids is 1. The topological polar surface area (TPSA) is 129 Å². The van der Waals surface area contributed by atoms with E-state index in [2.05, 4.69) is 19.7 Å². The van der Waals surface area contributed by atoms with Crippen LogP contribution in [0.1, 0.15) is 15.9 Å². The Kier molecular flexibility index (Phi) is 10.9. The number of carboxylic acid groups (broad SMARTS) is 1. The number of aryl methyl sites for hydroxylation is 1. The zero-order valence-electron chi connectivity index (χ0n) is 21.0. The second-order valence-electron chi connectivity index (χ2n) is 8.60. The predicted molar refractivity (Wildman–Crippen MR) is 159 cm³/mol. The lowest BCUT2D eigenvalue weighted by molar-refractivity contribution is 0.0699. The summed E-state index contributed by atoms with van der Waals surface area (Å²) in [5.41, 5.74) is 0.932. The zero-order valence-corrected chi connectivity index (χ0v) is 24.3. The number of carbonyl (C=O) groups is 1. The van der Waals surface area contributed by atoms with Gasteiger partial charge in [-0.05, 0) is 55.0 Å². The lowest BCUT2D eigenvalue weighted by Gasteiger charge is -2.35. The van der Waals surface area contributed by atoms with Gasteiger partial charge in [0.15, 0.2) is 0 Å². The number of halogens is 4. The third-order valence-electron chi connectivity index (χ3n) is 6.16. The van der Waals surface area contributed by atoms with E-state index in [1.54, 1.807) is 31.5 Å². The van der Waals surface area contributed by atoms with Crippen LogP contribution in [0.5, 0.6) is 0 Å². The molecule has 0 unspecified atom stereocenters. The summed E-state index contributed by atoms with van der Waals surface area (Å²) in [6.07, 6.45) is 3.37. The van der Waals surface area contributed by atoms with Crippen LogP contribution in [0.25, 0.3) is 10.9 Å². The van der Waals surface area contributed by atoms with Crippen molar-refractivity contribution < 1.29 is 22.7 Å². The number of piperazine rings is 1. The number of sulfonamides is 1. The second kappa shape index (κ2) is 13.3. The summed E-state index contributed by atoms with van der Waals surface area (Å²) >= 11 is 0. The number of benzene rings is 2.